The van der Waals surface area contributed by atoms with Crippen LogP contribution >= 0.6 is 0 Å². The molecule has 2 fully saturated rings. The summed E-state index contributed by atoms with van der Waals surface area (Å²) in [7, 11) is 0. The maximum atomic E-state index is 15.1. The van der Waals surface area contributed by atoms with Gasteiger partial charge in [-0.15, -0.1) is 0 Å². The van der Waals surface area contributed by atoms with E-state index in [1.165, 1.54) is 57.4 Å². The Bertz CT molecular complexity index is 1010. The molecule has 4 atom stereocenters. The van der Waals surface area contributed by atoms with Gasteiger partial charge in [-0.1, -0.05) is 51.5 Å². The monoisotopic (exact) mass is 504 g/mol. The summed E-state index contributed by atoms with van der Waals surface area (Å²) in [5, 5.41) is 0. The highest BCUT2D eigenvalue weighted by Gasteiger charge is 2.36. The molecule has 2 nitrogen and oxygen atoms in total. The van der Waals surface area contributed by atoms with E-state index in [-0.39, 0.29) is 17.2 Å². The van der Waals surface area contributed by atoms with Crippen LogP contribution in [0.2, 0.25) is 0 Å². The van der Waals surface area contributed by atoms with Crippen LogP contribution in [0.3, 0.4) is 0 Å². The number of alkyl halides is 3. The smallest absolute Gasteiger partial charge is 0.416 e. The van der Waals surface area contributed by atoms with Crippen LogP contribution in [0.4, 0.5) is 17.6 Å². The number of ether oxygens (including phenoxy) is 1. The molecule has 0 bridgehead atoms. The van der Waals surface area contributed by atoms with Crippen molar-refractivity contribution in [2.45, 2.75) is 89.6 Å². The first-order valence-electron chi connectivity index (χ1n) is 13.4. The molecule has 4 rings (SSSR count). The largest absolute Gasteiger partial charge is 0.423 e. The predicted molar refractivity (Wildman–Crippen MR) is 132 cm³/mol. The highest BCUT2D eigenvalue weighted by atomic mass is 19.4. The van der Waals surface area contributed by atoms with Crippen molar-refractivity contribution >= 4 is 5.97 Å². The normalized spacial score (nSPS) is 24.2. The Morgan fingerprint density at radius 2 is 1.64 bits per heavy atom. The van der Waals surface area contributed by atoms with Crippen molar-refractivity contribution in [2.24, 2.45) is 17.8 Å². The van der Waals surface area contributed by atoms with Gasteiger partial charge in [-0.25, -0.2) is 9.18 Å². The average molecular weight is 505 g/mol. The zero-order chi connectivity index (χ0) is 25.7. The van der Waals surface area contributed by atoms with Crippen molar-refractivity contribution in [3.8, 4) is 5.75 Å². The van der Waals surface area contributed by atoms with Gasteiger partial charge in [0.25, 0.3) is 0 Å². The third-order valence-corrected chi connectivity index (χ3v) is 8.26. The predicted octanol–water partition coefficient (Wildman–Crippen LogP) is 9.33. The number of fused-ring (bicyclic) bond motifs is 1. The number of halogens is 4. The van der Waals surface area contributed by atoms with Gasteiger partial charge in [-0.3, -0.25) is 0 Å². The van der Waals surface area contributed by atoms with Crippen LogP contribution in [0.5, 0.6) is 5.75 Å². The average Bonchev–Trinajstić information content (AvgIpc) is 2.86. The van der Waals surface area contributed by atoms with Gasteiger partial charge >= 0.3 is 12.1 Å². The van der Waals surface area contributed by atoms with E-state index in [1.54, 1.807) is 12.1 Å². The Kier molecular flexibility index (Phi) is 8.74. The summed E-state index contributed by atoms with van der Waals surface area (Å²) in [4.78, 5) is 12.5. The Morgan fingerprint density at radius 3 is 2.33 bits per heavy atom. The molecule has 0 saturated heterocycles. The summed E-state index contributed by atoms with van der Waals surface area (Å²) >= 11 is 0. The number of unbranched alkanes of at least 4 members (excludes halogenated alkanes) is 3. The standard InChI is InChI=1S/C30H36F4O2/c1-2-3-4-5-6-20-7-8-22-18-23(10-9-21(22)17-20)27-16-11-24(19-28(27)31)29(35)36-26-14-12-25(13-15-26)30(32,33)34/h11-16,19-23H,2-10,17-18H2,1H3/t20-,21-,22+,23?/m0/s1. The Morgan fingerprint density at radius 1 is 0.917 bits per heavy atom. The van der Waals surface area contributed by atoms with Crippen molar-refractivity contribution in [1.82, 2.24) is 0 Å². The second-order valence-corrected chi connectivity index (χ2v) is 10.7. The van der Waals surface area contributed by atoms with E-state index in [1.807, 2.05) is 0 Å². The lowest BCUT2D eigenvalue weighted by atomic mass is 9.63. The van der Waals surface area contributed by atoms with Gasteiger partial charge in [0.1, 0.15) is 11.6 Å². The van der Waals surface area contributed by atoms with E-state index in [4.69, 9.17) is 4.74 Å². The lowest BCUT2D eigenvalue weighted by Crippen LogP contribution is -2.30. The fourth-order valence-electron chi connectivity index (χ4n) is 6.25. The van der Waals surface area contributed by atoms with Crippen LogP contribution in [0.15, 0.2) is 42.5 Å². The number of hydrogen-bond acceptors (Lipinski definition) is 2. The third-order valence-electron chi connectivity index (χ3n) is 8.26. The van der Waals surface area contributed by atoms with Crippen molar-refractivity contribution in [2.75, 3.05) is 0 Å². The molecule has 36 heavy (non-hydrogen) atoms. The Labute approximate surface area is 211 Å². The van der Waals surface area contributed by atoms with E-state index >= 15 is 4.39 Å². The molecular formula is C30H36F4O2. The minimum absolute atomic E-state index is 0.0169. The van der Waals surface area contributed by atoms with Crippen LogP contribution in [0.1, 0.15) is 105 Å². The molecule has 2 aromatic carbocycles. The maximum Gasteiger partial charge on any atom is 0.416 e. The lowest BCUT2D eigenvalue weighted by Gasteiger charge is -2.42. The van der Waals surface area contributed by atoms with Gasteiger partial charge in [-0.05, 0) is 97.7 Å². The highest BCUT2D eigenvalue weighted by Crippen LogP contribution is 2.48. The molecule has 2 aliphatic rings. The van der Waals surface area contributed by atoms with E-state index in [0.717, 1.165) is 55.4 Å². The molecule has 0 spiro atoms. The zero-order valence-electron chi connectivity index (χ0n) is 21.0. The first-order chi connectivity index (χ1) is 17.2. The number of carbonyl (C=O) groups is 1. The molecule has 1 unspecified atom stereocenters. The summed E-state index contributed by atoms with van der Waals surface area (Å²) < 4.78 is 58.4. The summed E-state index contributed by atoms with van der Waals surface area (Å²) in [6, 6.07) is 8.31. The summed E-state index contributed by atoms with van der Waals surface area (Å²) in [5.74, 6) is 1.20. The number of hydrogen-bond donors (Lipinski definition) is 0. The molecular weight excluding hydrogens is 468 g/mol. The SMILES string of the molecule is CCCCCC[C@H]1CC[C@@H]2CC(c3ccc(C(=O)Oc4ccc(C(F)(F)F)cc4)cc3F)CC[C@H]2C1. The van der Waals surface area contributed by atoms with Crippen molar-refractivity contribution in [3.63, 3.8) is 0 Å². The van der Waals surface area contributed by atoms with Gasteiger partial charge in [0.15, 0.2) is 0 Å². The summed E-state index contributed by atoms with van der Waals surface area (Å²) in [5.41, 5.74) is -0.123. The van der Waals surface area contributed by atoms with E-state index in [0.29, 0.717) is 11.5 Å². The van der Waals surface area contributed by atoms with Crippen LogP contribution in [0.25, 0.3) is 0 Å². The van der Waals surface area contributed by atoms with E-state index in [9.17, 15) is 18.0 Å². The number of esters is 1. The topological polar surface area (TPSA) is 26.3 Å². The zero-order valence-corrected chi connectivity index (χ0v) is 21.0. The number of benzene rings is 2. The van der Waals surface area contributed by atoms with Crippen LogP contribution < -0.4 is 4.74 Å². The second-order valence-electron chi connectivity index (χ2n) is 10.7. The molecule has 0 radical (unpaired) electrons. The molecule has 2 aliphatic carbocycles. The van der Waals surface area contributed by atoms with E-state index < -0.39 is 23.5 Å². The van der Waals surface area contributed by atoms with Gasteiger partial charge in [0.05, 0.1) is 11.1 Å². The minimum Gasteiger partial charge on any atom is -0.423 e. The van der Waals surface area contributed by atoms with Crippen LogP contribution in [-0.4, -0.2) is 5.97 Å². The third kappa shape index (κ3) is 6.68. The quantitative estimate of drug-likeness (QED) is 0.155. The fourth-order valence-corrected chi connectivity index (χ4v) is 6.25. The highest BCUT2D eigenvalue weighted by molar-refractivity contribution is 5.91. The molecule has 0 aromatic heterocycles. The van der Waals surface area contributed by atoms with Crippen molar-refractivity contribution < 1.29 is 27.1 Å². The molecule has 6 heteroatoms. The second kappa shape index (κ2) is 11.8. The van der Waals surface area contributed by atoms with Gasteiger partial charge in [0, 0.05) is 0 Å². The van der Waals surface area contributed by atoms with Crippen molar-refractivity contribution in [1.29, 1.82) is 0 Å². The lowest BCUT2D eigenvalue weighted by molar-refractivity contribution is -0.137. The van der Waals surface area contributed by atoms with Crippen LogP contribution in [-0.2, 0) is 6.18 Å². The summed E-state index contributed by atoms with van der Waals surface area (Å²) in [6.07, 6.45) is 9.13. The Hall–Kier alpha value is -2.37. The maximum absolute atomic E-state index is 15.1. The molecule has 0 heterocycles. The minimum atomic E-state index is -4.46. The van der Waals surface area contributed by atoms with Gasteiger partial charge in [0.2, 0.25) is 0 Å². The Balaban J connectivity index is 1.32. The molecule has 196 valence electrons. The molecule has 2 aromatic rings. The van der Waals surface area contributed by atoms with E-state index in [2.05, 4.69) is 6.92 Å². The first kappa shape index (κ1) is 26.7. The fraction of sp³-hybridized carbons (Fsp3) is 0.567. The van der Waals surface area contributed by atoms with Gasteiger partial charge < -0.3 is 4.74 Å². The molecule has 0 N–H and O–H groups in total. The number of rotatable bonds is 8. The van der Waals surface area contributed by atoms with Crippen LogP contribution in [0, 0.1) is 23.6 Å². The molecule has 0 amide bonds. The number of carbonyl (C=O) groups excluding carboxylic acids is 1. The molecule has 2 saturated carbocycles. The summed E-state index contributed by atoms with van der Waals surface area (Å²) in [6.45, 7) is 2.25. The van der Waals surface area contributed by atoms with Crippen molar-refractivity contribution in [3.05, 3.63) is 65.0 Å². The first-order valence-corrected chi connectivity index (χ1v) is 13.4. The molecule has 0 aliphatic heterocycles. The van der Waals surface area contributed by atoms with Gasteiger partial charge in [-0.2, -0.15) is 13.2 Å².